The van der Waals surface area contributed by atoms with Crippen LogP contribution in [0.3, 0.4) is 0 Å². The number of nitrogens with one attached hydrogen (secondary N) is 1. The molecule has 0 heterocycles. The van der Waals surface area contributed by atoms with Gasteiger partial charge in [0, 0.05) is 7.05 Å². The Morgan fingerprint density at radius 3 is 2.11 bits per heavy atom. The Balaban J connectivity index is 1.62. The molecule has 4 heteroatoms. The summed E-state index contributed by atoms with van der Waals surface area (Å²) in [6.07, 6.45) is 6.19. The number of carbonyl (C=O) groups excluding carboxylic acids is 2. The largest absolute Gasteiger partial charge is 0.455 e. The molecule has 18 heavy (non-hydrogen) atoms. The van der Waals surface area contributed by atoms with E-state index in [1.165, 1.54) is 32.1 Å². The van der Waals surface area contributed by atoms with Gasteiger partial charge in [0.2, 0.25) is 0 Å². The summed E-state index contributed by atoms with van der Waals surface area (Å²) < 4.78 is 5.17. The number of hydrogen-bond acceptors (Lipinski definition) is 3. The summed E-state index contributed by atoms with van der Waals surface area (Å²) >= 11 is 0. The Hall–Kier alpha value is -1.06. The van der Waals surface area contributed by atoms with Gasteiger partial charge >= 0.3 is 5.97 Å². The van der Waals surface area contributed by atoms with E-state index in [2.05, 4.69) is 5.32 Å². The van der Waals surface area contributed by atoms with Gasteiger partial charge in [-0.15, -0.1) is 0 Å². The highest BCUT2D eigenvalue weighted by Crippen LogP contribution is 2.56. The van der Waals surface area contributed by atoms with Crippen LogP contribution in [-0.2, 0) is 14.3 Å². The molecule has 1 amide bonds. The van der Waals surface area contributed by atoms with Crippen molar-refractivity contribution in [3.05, 3.63) is 0 Å². The van der Waals surface area contributed by atoms with Crippen LogP contribution in [0.1, 0.15) is 32.1 Å². The molecule has 4 saturated carbocycles. The molecule has 0 aromatic carbocycles. The lowest BCUT2D eigenvalue weighted by molar-refractivity contribution is -0.164. The molecule has 0 unspecified atom stereocenters. The number of hydrogen-bond donors (Lipinski definition) is 1. The minimum Gasteiger partial charge on any atom is -0.455 e. The molecule has 4 rings (SSSR count). The van der Waals surface area contributed by atoms with Crippen LogP contribution < -0.4 is 5.32 Å². The maximum absolute atomic E-state index is 12.2. The first-order valence-electron chi connectivity index (χ1n) is 7.04. The number of likely N-dealkylation sites (N-methyl/N-ethyl adjacent to an activating group) is 1. The average Bonchev–Trinajstić information content (AvgIpc) is 2.34. The van der Waals surface area contributed by atoms with E-state index in [-0.39, 0.29) is 24.4 Å². The normalized spacial score (nSPS) is 40.6. The van der Waals surface area contributed by atoms with Gasteiger partial charge in [0.1, 0.15) is 0 Å². The molecule has 0 atom stereocenters. The van der Waals surface area contributed by atoms with Crippen LogP contribution >= 0.6 is 0 Å². The zero-order valence-corrected chi connectivity index (χ0v) is 10.9. The van der Waals surface area contributed by atoms with Gasteiger partial charge in [0.15, 0.2) is 6.61 Å². The Kier molecular flexibility index (Phi) is 3.04. The summed E-state index contributed by atoms with van der Waals surface area (Å²) in [5.41, 5.74) is 0. The molecule has 0 saturated heterocycles. The summed E-state index contributed by atoms with van der Waals surface area (Å²) in [4.78, 5) is 23.3. The summed E-state index contributed by atoms with van der Waals surface area (Å²) in [6.45, 7) is -0.127. The van der Waals surface area contributed by atoms with Gasteiger partial charge in [0.05, 0.1) is 5.92 Å². The molecule has 4 fully saturated rings. The van der Waals surface area contributed by atoms with E-state index in [4.69, 9.17) is 4.74 Å². The molecule has 100 valence electrons. The SMILES string of the molecule is CNC(=O)COC(=O)C1C2CC3CC(C2)CC1C3. The molecule has 0 spiro atoms. The molecule has 4 aliphatic carbocycles. The van der Waals surface area contributed by atoms with Crippen molar-refractivity contribution < 1.29 is 14.3 Å². The van der Waals surface area contributed by atoms with Crippen molar-refractivity contribution in [2.75, 3.05) is 13.7 Å². The van der Waals surface area contributed by atoms with Crippen LogP contribution in [0, 0.1) is 29.6 Å². The third-order valence-corrected chi connectivity index (χ3v) is 5.12. The number of ether oxygens (including phenoxy) is 1. The lowest BCUT2D eigenvalue weighted by Gasteiger charge is -2.53. The fourth-order valence-corrected chi connectivity index (χ4v) is 4.62. The molecule has 0 radical (unpaired) electrons. The smallest absolute Gasteiger partial charge is 0.310 e. The number of carbonyl (C=O) groups is 2. The first-order valence-corrected chi connectivity index (χ1v) is 7.04. The monoisotopic (exact) mass is 251 g/mol. The molecule has 4 bridgehead atoms. The second-order valence-corrected chi connectivity index (χ2v) is 6.24. The van der Waals surface area contributed by atoms with Gasteiger partial charge in [-0.1, -0.05) is 0 Å². The predicted molar refractivity (Wildman–Crippen MR) is 65.6 cm³/mol. The van der Waals surface area contributed by atoms with E-state index in [1.54, 1.807) is 7.05 Å². The highest BCUT2D eigenvalue weighted by molar-refractivity contribution is 5.81. The lowest BCUT2D eigenvalue weighted by Crippen LogP contribution is -2.48. The molecule has 0 aliphatic heterocycles. The van der Waals surface area contributed by atoms with Crippen LogP contribution in [-0.4, -0.2) is 25.5 Å². The van der Waals surface area contributed by atoms with Crippen molar-refractivity contribution in [3.63, 3.8) is 0 Å². The van der Waals surface area contributed by atoms with Crippen LogP contribution in [0.2, 0.25) is 0 Å². The molecular weight excluding hydrogens is 230 g/mol. The third kappa shape index (κ3) is 2.02. The van der Waals surface area contributed by atoms with Gasteiger partial charge in [-0.05, 0) is 55.8 Å². The second kappa shape index (κ2) is 4.56. The topological polar surface area (TPSA) is 55.4 Å². The van der Waals surface area contributed by atoms with E-state index in [1.807, 2.05) is 0 Å². The van der Waals surface area contributed by atoms with Crippen molar-refractivity contribution in [2.45, 2.75) is 32.1 Å². The quantitative estimate of drug-likeness (QED) is 0.770. The fourth-order valence-electron chi connectivity index (χ4n) is 4.62. The van der Waals surface area contributed by atoms with E-state index in [0.717, 1.165) is 11.8 Å². The Morgan fingerprint density at radius 2 is 1.61 bits per heavy atom. The molecule has 4 aliphatic rings. The fraction of sp³-hybridized carbons (Fsp3) is 0.857. The minimum absolute atomic E-state index is 0.0717. The highest BCUT2D eigenvalue weighted by Gasteiger charge is 2.51. The molecule has 1 N–H and O–H groups in total. The Morgan fingerprint density at radius 1 is 1.06 bits per heavy atom. The third-order valence-electron chi connectivity index (χ3n) is 5.12. The predicted octanol–water partition coefficient (Wildman–Crippen LogP) is 1.35. The van der Waals surface area contributed by atoms with E-state index in [9.17, 15) is 9.59 Å². The van der Waals surface area contributed by atoms with Crippen LogP contribution in [0.15, 0.2) is 0 Å². The van der Waals surface area contributed by atoms with Crippen LogP contribution in [0.4, 0.5) is 0 Å². The van der Waals surface area contributed by atoms with E-state index in [0.29, 0.717) is 11.8 Å². The van der Waals surface area contributed by atoms with Gasteiger partial charge in [-0.25, -0.2) is 0 Å². The summed E-state index contributed by atoms with van der Waals surface area (Å²) in [5.74, 6) is 2.48. The zero-order chi connectivity index (χ0) is 12.7. The van der Waals surface area contributed by atoms with Gasteiger partial charge < -0.3 is 10.1 Å². The number of esters is 1. The van der Waals surface area contributed by atoms with Gasteiger partial charge in [0.25, 0.3) is 5.91 Å². The molecule has 4 nitrogen and oxygen atoms in total. The second-order valence-electron chi connectivity index (χ2n) is 6.24. The van der Waals surface area contributed by atoms with Gasteiger partial charge in [-0.2, -0.15) is 0 Å². The standard InChI is InChI=1S/C14H21NO3/c1-15-12(16)7-18-14(17)13-10-3-8-2-9(5-10)6-11(13)4-8/h8-11,13H,2-7H2,1H3,(H,15,16). The van der Waals surface area contributed by atoms with E-state index >= 15 is 0 Å². The molecule has 0 aromatic rings. The summed E-state index contributed by atoms with van der Waals surface area (Å²) in [6, 6.07) is 0. The first-order chi connectivity index (χ1) is 8.67. The van der Waals surface area contributed by atoms with Crippen LogP contribution in [0.5, 0.6) is 0 Å². The van der Waals surface area contributed by atoms with Crippen LogP contribution in [0.25, 0.3) is 0 Å². The van der Waals surface area contributed by atoms with E-state index < -0.39 is 0 Å². The van der Waals surface area contributed by atoms with Gasteiger partial charge in [-0.3, -0.25) is 9.59 Å². The average molecular weight is 251 g/mol. The summed E-state index contributed by atoms with van der Waals surface area (Å²) in [7, 11) is 1.55. The minimum atomic E-state index is -0.229. The molecule has 0 aromatic heterocycles. The van der Waals surface area contributed by atoms with Crippen molar-refractivity contribution in [1.82, 2.24) is 5.32 Å². The summed E-state index contributed by atoms with van der Waals surface area (Å²) in [5, 5.41) is 2.47. The highest BCUT2D eigenvalue weighted by atomic mass is 16.5. The van der Waals surface area contributed by atoms with Crippen molar-refractivity contribution in [1.29, 1.82) is 0 Å². The maximum Gasteiger partial charge on any atom is 0.310 e. The van der Waals surface area contributed by atoms with Crippen molar-refractivity contribution in [2.24, 2.45) is 29.6 Å². The lowest BCUT2D eigenvalue weighted by atomic mass is 9.52. The Labute approximate surface area is 107 Å². The number of rotatable bonds is 3. The first kappa shape index (κ1) is 12.0. The van der Waals surface area contributed by atoms with Crippen molar-refractivity contribution >= 4 is 11.9 Å². The molecular formula is C14H21NO3. The van der Waals surface area contributed by atoms with Crippen molar-refractivity contribution in [3.8, 4) is 0 Å². The number of amides is 1. The Bertz CT molecular complexity index is 338. The zero-order valence-electron chi connectivity index (χ0n) is 10.9. The maximum atomic E-state index is 12.2.